The molecule has 0 atom stereocenters. The minimum Gasteiger partial charge on any atom is -0.460 e. The Bertz CT molecular complexity index is 907. The van der Waals surface area contributed by atoms with Crippen LogP contribution in [0.25, 0.3) is 0 Å². The summed E-state index contributed by atoms with van der Waals surface area (Å²) in [6.07, 6.45) is 0. The third kappa shape index (κ3) is 4.75. The number of nitro benzene ring substituents is 3. The molecule has 0 saturated heterocycles. The Morgan fingerprint density at radius 2 is 1.50 bits per heavy atom. The summed E-state index contributed by atoms with van der Waals surface area (Å²) in [4.78, 5) is 42.7. The Morgan fingerprint density at radius 3 is 1.96 bits per heavy atom. The standard InChI is InChI=1S/C16H14N4O8/c1-10-8-13(19(24)25)15(14(9-10)20(26)27)17-6-7-28-16(21)11-2-4-12(5-3-11)18(22)23/h2-5,8-9,17H,6-7H2,1H3. The van der Waals surface area contributed by atoms with Crippen LogP contribution in [0.2, 0.25) is 0 Å². The van der Waals surface area contributed by atoms with Gasteiger partial charge in [0.1, 0.15) is 6.61 Å². The molecule has 2 aromatic carbocycles. The van der Waals surface area contributed by atoms with Gasteiger partial charge in [-0.1, -0.05) is 0 Å². The van der Waals surface area contributed by atoms with Gasteiger partial charge in [-0.05, 0) is 24.6 Å². The topological polar surface area (TPSA) is 168 Å². The number of aryl methyl sites for hydroxylation is 1. The predicted octanol–water partition coefficient (Wildman–Crippen LogP) is 2.99. The molecule has 12 heteroatoms. The molecule has 2 aromatic rings. The van der Waals surface area contributed by atoms with Gasteiger partial charge in [0.05, 0.1) is 20.3 Å². The van der Waals surface area contributed by atoms with Crippen molar-refractivity contribution in [2.45, 2.75) is 6.92 Å². The monoisotopic (exact) mass is 390 g/mol. The molecule has 0 aliphatic carbocycles. The minimum atomic E-state index is -0.760. The number of anilines is 1. The van der Waals surface area contributed by atoms with Gasteiger partial charge in [-0.25, -0.2) is 4.79 Å². The fraction of sp³-hybridized carbons (Fsp3) is 0.188. The van der Waals surface area contributed by atoms with Crippen LogP contribution in [-0.4, -0.2) is 33.9 Å². The zero-order valence-electron chi connectivity index (χ0n) is 14.5. The minimum absolute atomic E-state index is 0.0814. The molecule has 0 fully saturated rings. The number of hydrogen-bond donors (Lipinski definition) is 1. The first kappa shape index (κ1) is 20.2. The second-order valence-corrected chi connectivity index (χ2v) is 5.56. The molecule has 0 saturated carbocycles. The number of hydrogen-bond acceptors (Lipinski definition) is 9. The quantitative estimate of drug-likeness (QED) is 0.308. The summed E-state index contributed by atoms with van der Waals surface area (Å²) in [6.45, 7) is 1.14. The lowest BCUT2D eigenvalue weighted by atomic mass is 10.1. The highest BCUT2D eigenvalue weighted by Gasteiger charge is 2.25. The molecule has 12 nitrogen and oxygen atoms in total. The van der Waals surface area contributed by atoms with E-state index in [0.717, 1.165) is 12.1 Å². The van der Waals surface area contributed by atoms with Crippen molar-refractivity contribution in [1.82, 2.24) is 0 Å². The number of nitro groups is 3. The number of ether oxygens (including phenoxy) is 1. The van der Waals surface area contributed by atoms with Crippen LogP contribution in [0.15, 0.2) is 36.4 Å². The van der Waals surface area contributed by atoms with Gasteiger partial charge in [0.15, 0.2) is 5.69 Å². The SMILES string of the molecule is Cc1cc([N+](=O)[O-])c(NCCOC(=O)c2ccc([N+](=O)[O-])cc2)c([N+](=O)[O-])c1. The number of non-ortho nitro benzene ring substituents is 1. The maximum atomic E-state index is 11.9. The van der Waals surface area contributed by atoms with Gasteiger partial charge in [0.2, 0.25) is 0 Å². The summed E-state index contributed by atoms with van der Waals surface area (Å²) < 4.78 is 4.96. The average molecular weight is 390 g/mol. The highest BCUT2D eigenvalue weighted by Crippen LogP contribution is 2.35. The molecule has 146 valence electrons. The number of carbonyl (C=O) groups excluding carboxylic acids is 1. The largest absolute Gasteiger partial charge is 0.460 e. The molecular formula is C16H14N4O8. The molecule has 0 bridgehead atoms. The predicted molar refractivity (Wildman–Crippen MR) is 96.4 cm³/mol. The van der Waals surface area contributed by atoms with Crippen molar-refractivity contribution in [2.24, 2.45) is 0 Å². The van der Waals surface area contributed by atoms with E-state index in [9.17, 15) is 35.1 Å². The highest BCUT2D eigenvalue weighted by molar-refractivity contribution is 5.89. The van der Waals surface area contributed by atoms with Crippen molar-refractivity contribution in [1.29, 1.82) is 0 Å². The van der Waals surface area contributed by atoms with Gasteiger partial charge in [0, 0.05) is 30.8 Å². The molecule has 28 heavy (non-hydrogen) atoms. The van der Waals surface area contributed by atoms with Gasteiger partial charge >= 0.3 is 5.97 Å². The fourth-order valence-corrected chi connectivity index (χ4v) is 2.34. The average Bonchev–Trinajstić information content (AvgIpc) is 2.65. The van der Waals surface area contributed by atoms with Crippen molar-refractivity contribution in [2.75, 3.05) is 18.5 Å². The van der Waals surface area contributed by atoms with Crippen LogP contribution in [0, 0.1) is 37.3 Å². The third-order valence-electron chi connectivity index (χ3n) is 3.59. The van der Waals surface area contributed by atoms with Crippen molar-refractivity contribution in [3.63, 3.8) is 0 Å². The van der Waals surface area contributed by atoms with E-state index in [2.05, 4.69) is 5.32 Å². The summed E-state index contributed by atoms with van der Waals surface area (Å²) in [5.74, 6) is -0.760. The second-order valence-electron chi connectivity index (χ2n) is 5.56. The molecule has 2 rings (SSSR count). The third-order valence-corrected chi connectivity index (χ3v) is 3.59. The van der Waals surface area contributed by atoms with Crippen LogP contribution >= 0.6 is 0 Å². The summed E-state index contributed by atoms with van der Waals surface area (Å²) in [5, 5.41) is 35.5. The van der Waals surface area contributed by atoms with E-state index in [0.29, 0.717) is 5.56 Å². The van der Waals surface area contributed by atoms with Crippen molar-refractivity contribution in [3.05, 3.63) is 77.9 Å². The van der Waals surface area contributed by atoms with Crippen molar-refractivity contribution < 1.29 is 24.3 Å². The lowest BCUT2D eigenvalue weighted by molar-refractivity contribution is -0.392. The Labute approximate surface area is 157 Å². The van der Waals surface area contributed by atoms with Crippen molar-refractivity contribution >= 4 is 28.7 Å². The number of nitrogens with zero attached hydrogens (tertiary/aromatic N) is 3. The zero-order valence-corrected chi connectivity index (χ0v) is 14.5. The molecule has 0 aliphatic heterocycles. The van der Waals surface area contributed by atoms with E-state index in [4.69, 9.17) is 4.74 Å². The van der Waals surface area contributed by atoms with Crippen LogP contribution in [0.3, 0.4) is 0 Å². The number of nitrogens with one attached hydrogen (secondary N) is 1. The van der Waals surface area contributed by atoms with E-state index in [1.165, 1.54) is 31.2 Å². The molecule has 0 heterocycles. The molecule has 0 unspecified atom stereocenters. The highest BCUT2D eigenvalue weighted by atomic mass is 16.6. The maximum Gasteiger partial charge on any atom is 0.338 e. The molecule has 0 aliphatic rings. The van der Waals surface area contributed by atoms with Gasteiger partial charge in [-0.3, -0.25) is 30.3 Å². The number of benzene rings is 2. The normalized spacial score (nSPS) is 10.2. The smallest absolute Gasteiger partial charge is 0.338 e. The summed E-state index contributed by atoms with van der Waals surface area (Å²) in [6, 6.07) is 7.13. The van der Waals surface area contributed by atoms with E-state index < -0.39 is 32.1 Å². The molecule has 0 aromatic heterocycles. The molecule has 0 radical (unpaired) electrons. The van der Waals surface area contributed by atoms with Crippen LogP contribution < -0.4 is 5.32 Å². The lowest BCUT2D eigenvalue weighted by Crippen LogP contribution is -2.15. The van der Waals surface area contributed by atoms with E-state index in [1.54, 1.807) is 0 Å². The lowest BCUT2D eigenvalue weighted by Gasteiger charge is -2.09. The fourth-order valence-electron chi connectivity index (χ4n) is 2.34. The molecular weight excluding hydrogens is 376 g/mol. The first-order valence-electron chi connectivity index (χ1n) is 7.79. The number of carbonyl (C=O) groups is 1. The zero-order chi connectivity index (χ0) is 20.8. The van der Waals surface area contributed by atoms with Crippen LogP contribution in [-0.2, 0) is 4.74 Å². The van der Waals surface area contributed by atoms with E-state index in [1.807, 2.05) is 0 Å². The summed E-state index contributed by atoms with van der Waals surface area (Å²) in [7, 11) is 0. The van der Waals surface area contributed by atoms with Crippen molar-refractivity contribution in [3.8, 4) is 0 Å². The van der Waals surface area contributed by atoms with Gasteiger partial charge in [-0.2, -0.15) is 0 Å². The van der Waals surface area contributed by atoms with Crippen LogP contribution in [0.4, 0.5) is 22.7 Å². The summed E-state index contributed by atoms with van der Waals surface area (Å²) in [5.41, 5.74) is -0.961. The van der Waals surface area contributed by atoms with Gasteiger partial charge in [0.25, 0.3) is 17.1 Å². The maximum absolute atomic E-state index is 11.9. The molecule has 1 N–H and O–H groups in total. The Morgan fingerprint density at radius 1 is 0.964 bits per heavy atom. The number of esters is 1. The van der Waals surface area contributed by atoms with Gasteiger partial charge < -0.3 is 10.1 Å². The summed E-state index contributed by atoms with van der Waals surface area (Å²) >= 11 is 0. The first-order valence-corrected chi connectivity index (χ1v) is 7.79. The number of rotatable bonds is 8. The molecule has 0 amide bonds. The molecule has 0 spiro atoms. The van der Waals surface area contributed by atoms with Crippen LogP contribution in [0.1, 0.15) is 15.9 Å². The van der Waals surface area contributed by atoms with Gasteiger partial charge in [-0.15, -0.1) is 0 Å². The Kier molecular flexibility index (Phi) is 6.16. The Hall–Kier alpha value is -4.09. The second kappa shape index (κ2) is 8.53. The first-order chi connectivity index (χ1) is 13.2. The van der Waals surface area contributed by atoms with E-state index in [-0.39, 0.29) is 30.1 Å². The Balaban J connectivity index is 2.03. The van der Waals surface area contributed by atoms with E-state index >= 15 is 0 Å². The van der Waals surface area contributed by atoms with Crippen LogP contribution in [0.5, 0.6) is 0 Å².